The molecule has 9 heteroatoms. The summed E-state index contributed by atoms with van der Waals surface area (Å²) in [7, 11) is 0. The summed E-state index contributed by atoms with van der Waals surface area (Å²) in [5, 5.41) is 34.4. The molecule has 1 aliphatic heterocycles. The quantitative estimate of drug-likeness (QED) is 0.379. The van der Waals surface area contributed by atoms with E-state index in [0.717, 1.165) is 0 Å². The van der Waals surface area contributed by atoms with Gasteiger partial charge in [0.2, 0.25) is 0 Å². The highest BCUT2D eigenvalue weighted by Gasteiger charge is 2.67. The maximum atomic E-state index is 12.6. The Bertz CT molecular complexity index is 824. The van der Waals surface area contributed by atoms with Gasteiger partial charge in [0.25, 0.3) is 5.69 Å². The van der Waals surface area contributed by atoms with Gasteiger partial charge in [-0.15, -0.1) is 0 Å². The summed E-state index contributed by atoms with van der Waals surface area (Å²) in [6.07, 6.45) is 0.459. The van der Waals surface area contributed by atoms with Gasteiger partial charge in [0.1, 0.15) is 6.29 Å². The van der Waals surface area contributed by atoms with E-state index < -0.39 is 51.6 Å². The highest BCUT2D eigenvalue weighted by atomic mass is 16.6. The molecule has 1 aromatic carbocycles. The average Bonchev–Trinajstić information content (AvgIpc) is 2.61. The van der Waals surface area contributed by atoms with Crippen LogP contribution in [0.2, 0.25) is 0 Å². The smallest absolute Gasteiger partial charge is 0.312 e. The van der Waals surface area contributed by atoms with Crippen molar-refractivity contribution in [1.29, 1.82) is 0 Å². The van der Waals surface area contributed by atoms with Crippen LogP contribution in [-0.2, 0) is 14.4 Å². The first-order chi connectivity index (χ1) is 12.9. The maximum absolute atomic E-state index is 12.6. The first kappa shape index (κ1) is 21.5. The molecule has 1 saturated heterocycles. The molecule has 0 aliphatic carbocycles. The number of nitrogens with zero attached hydrogens (tertiary/aromatic N) is 1. The Morgan fingerprint density at radius 2 is 1.89 bits per heavy atom. The SMILES string of the molecule is CC(C)[C@]1(C(=O)O)[C@H](C)N[C@H](C=O)[C@@](C)(C(=O)O)[C@H]1c1cccc([N+](=O)[O-])c1. The highest BCUT2D eigenvalue weighted by molar-refractivity contribution is 5.87. The van der Waals surface area contributed by atoms with Crippen molar-refractivity contribution in [3.63, 3.8) is 0 Å². The van der Waals surface area contributed by atoms with Gasteiger partial charge in [-0.3, -0.25) is 19.7 Å². The highest BCUT2D eigenvalue weighted by Crippen LogP contribution is 2.58. The van der Waals surface area contributed by atoms with Gasteiger partial charge >= 0.3 is 11.9 Å². The van der Waals surface area contributed by atoms with Crippen LogP contribution in [-0.4, -0.2) is 45.4 Å². The van der Waals surface area contributed by atoms with Crippen molar-refractivity contribution in [3.8, 4) is 0 Å². The molecular weight excluding hydrogens is 368 g/mol. The summed E-state index contributed by atoms with van der Waals surface area (Å²) in [5.74, 6) is -4.31. The standard InChI is InChI=1S/C19H24N2O7/c1-10(2)19(17(25)26)11(3)20-14(9-22)18(4,16(23)24)15(19)12-6-5-7-13(8-12)21(27)28/h5-11,14-15,20H,1-4H3,(H,23,24)(H,25,26)/t11-,14+,15+,18+,19-/m0/s1. The number of aldehydes is 1. The van der Waals surface area contributed by atoms with Crippen molar-refractivity contribution in [2.45, 2.75) is 45.7 Å². The van der Waals surface area contributed by atoms with Crippen molar-refractivity contribution < 1.29 is 29.5 Å². The minimum Gasteiger partial charge on any atom is -0.481 e. The van der Waals surface area contributed by atoms with E-state index in [9.17, 15) is 34.7 Å². The molecule has 0 unspecified atom stereocenters. The molecule has 0 spiro atoms. The number of carboxylic acids is 2. The zero-order valence-electron chi connectivity index (χ0n) is 16.1. The van der Waals surface area contributed by atoms with E-state index in [1.165, 1.54) is 31.2 Å². The van der Waals surface area contributed by atoms with Crippen LogP contribution in [0.4, 0.5) is 5.69 Å². The van der Waals surface area contributed by atoms with Gasteiger partial charge < -0.3 is 20.3 Å². The molecule has 0 aromatic heterocycles. The number of benzene rings is 1. The van der Waals surface area contributed by atoms with E-state index in [-0.39, 0.29) is 11.3 Å². The van der Waals surface area contributed by atoms with Crippen molar-refractivity contribution in [3.05, 3.63) is 39.9 Å². The summed E-state index contributed by atoms with van der Waals surface area (Å²) < 4.78 is 0. The lowest BCUT2D eigenvalue weighted by molar-refractivity contribution is -0.385. The molecule has 3 N–H and O–H groups in total. The first-order valence-corrected chi connectivity index (χ1v) is 8.88. The van der Waals surface area contributed by atoms with Gasteiger partial charge in [-0.25, -0.2) is 0 Å². The second kappa shape index (κ2) is 7.31. The number of nitro benzene ring substituents is 1. The number of hydrogen-bond donors (Lipinski definition) is 3. The van der Waals surface area contributed by atoms with Crippen LogP contribution >= 0.6 is 0 Å². The number of carbonyl (C=O) groups excluding carboxylic acids is 1. The Hall–Kier alpha value is -2.81. The maximum Gasteiger partial charge on any atom is 0.312 e. The Morgan fingerprint density at radius 3 is 2.32 bits per heavy atom. The number of hydrogen-bond acceptors (Lipinski definition) is 6. The van der Waals surface area contributed by atoms with Crippen LogP contribution in [0.3, 0.4) is 0 Å². The summed E-state index contributed by atoms with van der Waals surface area (Å²) in [4.78, 5) is 47.3. The van der Waals surface area contributed by atoms with Crippen molar-refractivity contribution >= 4 is 23.9 Å². The summed E-state index contributed by atoms with van der Waals surface area (Å²) in [6.45, 7) is 6.24. The number of piperidine rings is 1. The molecule has 28 heavy (non-hydrogen) atoms. The lowest BCUT2D eigenvalue weighted by atomic mass is 9.49. The Labute approximate surface area is 161 Å². The molecule has 152 valence electrons. The van der Waals surface area contributed by atoms with E-state index in [1.54, 1.807) is 20.8 Å². The molecule has 1 aliphatic rings. The van der Waals surface area contributed by atoms with E-state index in [4.69, 9.17) is 0 Å². The molecule has 1 fully saturated rings. The van der Waals surface area contributed by atoms with Crippen molar-refractivity contribution in [2.24, 2.45) is 16.7 Å². The Kier molecular flexibility index (Phi) is 5.61. The molecule has 1 heterocycles. The third-order valence-corrected chi connectivity index (χ3v) is 6.21. The average molecular weight is 392 g/mol. The van der Waals surface area contributed by atoms with Crippen LogP contribution in [0.1, 0.15) is 39.2 Å². The van der Waals surface area contributed by atoms with Crippen LogP contribution < -0.4 is 5.32 Å². The molecule has 5 atom stereocenters. The van der Waals surface area contributed by atoms with Crippen LogP contribution in [0.15, 0.2) is 24.3 Å². The van der Waals surface area contributed by atoms with Gasteiger partial charge in [0.05, 0.1) is 21.8 Å². The summed E-state index contributed by atoms with van der Waals surface area (Å²) in [6, 6.07) is 3.39. The first-order valence-electron chi connectivity index (χ1n) is 8.88. The largest absolute Gasteiger partial charge is 0.481 e. The predicted molar refractivity (Wildman–Crippen MR) is 98.9 cm³/mol. The second-order valence-corrected chi connectivity index (χ2v) is 7.77. The lowest BCUT2D eigenvalue weighted by Gasteiger charge is -2.57. The van der Waals surface area contributed by atoms with Gasteiger partial charge in [-0.1, -0.05) is 26.0 Å². The monoisotopic (exact) mass is 392 g/mol. The molecule has 9 nitrogen and oxygen atoms in total. The van der Waals surface area contributed by atoms with Crippen molar-refractivity contribution in [2.75, 3.05) is 0 Å². The molecule has 2 rings (SSSR count). The zero-order valence-corrected chi connectivity index (χ0v) is 16.1. The number of carboxylic acid groups (broad SMARTS) is 2. The van der Waals surface area contributed by atoms with Crippen molar-refractivity contribution in [1.82, 2.24) is 5.32 Å². The third kappa shape index (κ3) is 2.86. The minimum atomic E-state index is -1.84. The number of carbonyl (C=O) groups is 3. The number of non-ortho nitro benzene ring substituents is 1. The number of aliphatic carboxylic acids is 2. The van der Waals surface area contributed by atoms with Gasteiger partial charge in [-0.05, 0) is 25.3 Å². The van der Waals surface area contributed by atoms with E-state index in [1.807, 2.05) is 0 Å². The lowest BCUT2D eigenvalue weighted by Crippen LogP contribution is -2.71. The van der Waals surface area contributed by atoms with Gasteiger partial charge in [0, 0.05) is 24.1 Å². The summed E-state index contributed by atoms with van der Waals surface area (Å²) >= 11 is 0. The fourth-order valence-corrected chi connectivity index (χ4v) is 4.77. The van der Waals surface area contributed by atoms with E-state index >= 15 is 0 Å². The van der Waals surface area contributed by atoms with Crippen LogP contribution in [0, 0.1) is 26.9 Å². The molecule has 0 amide bonds. The van der Waals surface area contributed by atoms with Gasteiger partial charge in [0.15, 0.2) is 0 Å². The van der Waals surface area contributed by atoms with E-state index in [2.05, 4.69) is 5.32 Å². The minimum absolute atomic E-state index is 0.204. The fourth-order valence-electron chi connectivity index (χ4n) is 4.77. The third-order valence-electron chi connectivity index (χ3n) is 6.21. The molecule has 1 aromatic rings. The molecule has 0 saturated carbocycles. The van der Waals surface area contributed by atoms with Crippen LogP contribution in [0.5, 0.6) is 0 Å². The molecular formula is C19H24N2O7. The Morgan fingerprint density at radius 1 is 1.29 bits per heavy atom. The van der Waals surface area contributed by atoms with E-state index in [0.29, 0.717) is 6.29 Å². The second-order valence-electron chi connectivity index (χ2n) is 7.77. The van der Waals surface area contributed by atoms with Gasteiger partial charge in [-0.2, -0.15) is 0 Å². The fraction of sp³-hybridized carbons (Fsp3) is 0.526. The number of nitro groups is 1. The normalized spacial score (nSPS) is 32.7. The summed E-state index contributed by atoms with van der Waals surface area (Å²) in [5.41, 5.74) is -3.54. The number of nitrogens with one attached hydrogen (secondary N) is 1. The topological polar surface area (TPSA) is 147 Å². The molecule has 0 bridgehead atoms. The Balaban J connectivity index is 2.94. The predicted octanol–water partition coefficient (Wildman–Crippen LogP) is 2.06. The van der Waals surface area contributed by atoms with Crippen LogP contribution in [0.25, 0.3) is 0 Å². The zero-order chi connectivity index (χ0) is 21.4. The molecule has 0 radical (unpaired) electrons. The number of rotatable bonds is 6.